The Balaban J connectivity index is 2.23. The van der Waals surface area contributed by atoms with Gasteiger partial charge in [0.15, 0.2) is 5.78 Å². The summed E-state index contributed by atoms with van der Waals surface area (Å²) < 4.78 is 5.49. The second kappa shape index (κ2) is 4.20. The standard InChI is InChI=1S/C10H12ClNO2S/c1-14-10(3-2-4-10)9-12-7(6-15-9)8(13)5-11/h6H,2-5H2,1H3. The van der Waals surface area contributed by atoms with Gasteiger partial charge in [-0.05, 0) is 19.3 Å². The van der Waals surface area contributed by atoms with E-state index in [1.165, 1.54) is 11.3 Å². The zero-order valence-electron chi connectivity index (χ0n) is 8.46. The number of halogens is 1. The molecule has 1 heterocycles. The van der Waals surface area contributed by atoms with Crippen molar-refractivity contribution >= 4 is 28.7 Å². The molecule has 2 rings (SSSR count). The summed E-state index contributed by atoms with van der Waals surface area (Å²) in [4.78, 5) is 15.6. The number of methoxy groups -OCH3 is 1. The van der Waals surface area contributed by atoms with Crippen LogP contribution in [0.3, 0.4) is 0 Å². The fourth-order valence-electron chi connectivity index (χ4n) is 1.68. The van der Waals surface area contributed by atoms with Crippen molar-refractivity contribution in [3.05, 3.63) is 16.1 Å². The van der Waals surface area contributed by atoms with Gasteiger partial charge in [-0.1, -0.05) is 0 Å². The van der Waals surface area contributed by atoms with E-state index < -0.39 is 0 Å². The van der Waals surface area contributed by atoms with Gasteiger partial charge in [0.1, 0.15) is 16.3 Å². The number of carbonyl (C=O) groups excluding carboxylic acids is 1. The molecule has 5 heteroatoms. The van der Waals surface area contributed by atoms with Gasteiger partial charge in [0.25, 0.3) is 0 Å². The molecule has 0 atom stereocenters. The third-order valence-corrected chi connectivity index (χ3v) is 4.12. The molecule has 3 nitrogen and oxygen atoms in total. The molecule has 1 fully saturated rings. The lowest BCUT2D eigenvalue weighted by atomic mass is 9.80. The first kappa shape index (κ1) is 11.0. The van der Waals surface area contributed by atoms with Crippen LogP contribution in [0.2, 0.25) is 0 Å². The topological polar surface area (TPSA) is 39.2 Å². The molecule has 15 heavy (non-hydrogen) atoms. The first-order valence-corrected chi connectivity index (χ1v) is 6.23. The Kier molecular flexibility index (Phi) is 3.09. The maximum atomic E-state index is 11.3. The van der Waals surface area contributed by atoms with E-state index in [2.05, 4.69) is 4.98 Å². The van der Waals surface area contributed by atoms with Crippen molar-refractivity contribution in [3.63, 3.8) is 0 Å². The SMILES string of the molecule is COC1(c2nc(C(=O)CCl)cs2)CCC1. The van der Waals surface area contributed by atoms with Crippen LogP contribution in [0.15, 0.2) is 5.38 Å². The number of alkyl halides is 1. The minimum absolute atomic E-state index is 0.0108. The predicted octanol–water partition coefficient (Wildman–Crippen LogP) is 2.59. The lowest BCUT2D eigenvalue weighted by molar-refractivity contribution is -0.0779. The third-order valence-electron chi connectivity index (χ3n) is 2.85. The van der Waals surface area contributed by atoms with Gasteiger partial charge in [0.2, 0.25) is 0 Å². The van der Waals surface area contributed by atoms with Crippen LogP contribution in [0.5, 0.6) is 0 Å². The van der Waals surface area contributed by atoms with E-state index in [1.807, 2.05) is 0 Å². The van der Waals surface area contributed by atoms with Crippen LogP contribution in [0.1, 0.15) is 34.8 Å². The molecule has 0 amide bonds. The van der Waals surface area contributed by atoms with E-state index in [1.54, 1.807) is 12.5 Å². The minimum atomic E-state index is -0.227. The van der Waals surface area contributed by atoms with Crippen molar-refractivity contribution in [2.24, 2.45) is 0 Å². The summed E-state index contributed by atoms with van der Waals surface area (Å²) in [5.74, 6) is -0.131. The number of ketones is 1. The Bertz CT molecular complexity index is 368. The summed E-state index contributed by atoms with van der Waals surface area (Å²) >= 11 is 6.96. The largest absolute Gasteiger partial charge is 0.371 e. The van der Waals surface area contributed by atoms with Crippen molar-refractivity contribution in [2.45, 2.75) is 24.9 Å². The molecule has 0 radical (unpaired) electrons. The molecule has 0 spiro atoms. The lowest BCUT2D eigenvalue weighted by Gasteiger charge is -2.38. The van der Waals surface area contributed by atoms with Crippen molar-refractivity contribution in [1.29, 1.82) is 0 Å². The van der Waals surface area contributed by atoms with Gasteiger partial charge < -0.3 is 4.74 Å². The number of hydrogen-bond donors (Lipinski definition) is 0. The molecule has 0 saturated heterocycles. The number of thiazole rings is 1. The summed E-state index contributed by atoms with van der Waals surface area (Å²) in [6.45, 7) is 0. The molecule has 0 aliphatic heterocycles. The Morgan fingerprint density at radius 1 is 1.73 bits per heavy atom. The zero-order chi connectivity index (χ0) is 10.9. The fraction of sp³-hybridized carbons (Fsp3) is 0.600. The van der Waals surface area contributed by atoms with Gasteiger partial charge in [-0.15, -0.1) is 22.9 Å². The quantitative estimate of drug-likeness (QED) is 0.605. The van der Waals surface area contributed by atoms with Gasteiger partial charge in [-0.3, -0.25) is 4.79 Å². The van der Waals surface area contributed by atoms with Crippen molar-refractivity contribution in [1.82, 2.24) is 4.98 Å². The molecular formula is C10H12ClNO2S. The number of rotatable bonds is 4. The summed E-state index contributed by atoms with van der Waals surface area (Å²) in [5, 5.41) is 2.67. The number of ether oxygens (including phenoxy) is 1. The van der Waals surface area contributed by atoms with E-state index in [0.717, 1.165) is 24.3 Å². The second-order valence-corrected chi connectivity index (χ2v) is 4.77. The van der Waals surface area contributed by atoms with Crippen LogP contribution in [0.4, 0.5) is 0 Å². The molecule has 0 aromatic carbocycles. The smallest absolute Gasteiger partial charge is 0.196 e. The highest BCUT2D eigenvalue weighted by atomic mass is 35.5. The van der Waals surface area contributed by atoms with Gasteiger partial charge >= 0.3 is 0 Å². The Hall–Kier alpha value is -0.450. The first-order chi connectivity index (χ1) is 7.22. The lowest BCUT2D eigenvalue weighted by Crippen LogP contribution is -2.36. The third kappa shape index (κ3) is 1.82. The van der Waals surface area contributed by atoms with Crippen molar-refractivity contribution in [3.8, 4) is 0 Å². The highest BCUT2D eigenvalue weighted by Crippen LogP contribution is 2.45. The average Bonchev–Trinajstić information content (AvgIpc) is 2.65. The zero-order valence-corrected chi connectivity index (χ0v) is 10.0. The molecule has 0 N–H and O–H groups in total. The van der Waals surface area contributed by atoms with E-state index in [9.17, 15) is 4.79 Å². The monoisotopic (exact) mass is 245 g/mol. The van der Waals surface area contributed by atoms with Crippen LogP contribution < -0.4 is 0 Å². The average molecular weight is 246 g/mol. The van der Waals surface area contributed by atoms with Gasteiger partial charge in [-0.2, -0.15) is 0 Å². The van der Waals surface area contributed by atoms with Gasteiger partial charge in [-0.25, -0.2) is 4.98 Å². The highest BCUT2D eigenvalue weighted by molar-refractivity contribution is 7.10. The second-order valence-electron chi connectivity index (χ2n) is 3.65. The molecule has 1 aromatic heterocycles. The molecule has 1 aromatic rings. The summed E-state index contributed by atoms with van der Waals surface area (Å²) in [5.41, 5.74) is 0.239. The normalized spacial score (nSPS) is 18.5. The number of carbonyl (C=O) groups is 1. The first-order valence-electron chi connectivity index (χ1n) is 4.82. The van der Waals surface area contributed by atoms with Crippen LogP contribution in [-0.4, -0.2) is 23.8 Å². The van der Waals surface area contributed by atoms with Crippen molar-refractivity contribution < 1.29 is 9.53 Å². The molecule has 1 aliphatic rings. The number of nitrogens with zero attached hydrogens (tertiary/aromatic N) is 1. The van der Waals surface area contributed by atoms with Crippen LogP contribution in [0.25, 0.3) is 0 Å². The fourth-order valence-corrected chi connectivity index (χ4v) is 2.88. The molecule has 1 saturated carbocycles. The van der Waals surface area contributed by atoms with Crippen molar-refractivity contribution in [2.75, 3.05) is 13.0 Å². The summed E-state index contributed by atoms with van der Waals surface area (Å²) in [7, 11) is 1.70. The van der Waals surface area contributed by atoms with Gasteiger partial charge in [0, 0.05) is 12.5 Å². The maximum absolute atomic E-state index is 11.3. The van der Waals surface area contributed by atoms with E-state index >= 15 is 0 Å². The van der Waals surface area contributed by atoms with E-state index in [-0.39, 0.29) is 17.3 Å². The molecule has 0 unspecified atom stereocenters. The molecule has 1 aliphatic carbocycles. The molecule has 0 bridgehead atoms. The number of Topliss-reactive ketones (excluding diaryl/α,β-unsaturated/α-hetero) is 1. The predicted molar refractivity (Wildman–Crippen MR) is 59.7 cm³/mol. The highest BCUT2D eigenvalue weighted by Gasteiger charge is 2.41. The summed E-state index contributed by atoms with van der Waals surface area (Å²) in [6, 6.07) is 0. The van der Waals surface area contributed by atoms with Crippen LogP contribution >= 0.6 is 22.9 Å². The summed E-state index contributed by atoms with van der Waals surface area (Å²) in [6.07, 6.45) is 3.14. The molecular weight excluding hydrogens is 234 g/mol. The minimum Gasteiger partial charge on any atom is -0.371 e. The molecule has 82 valence electrons. The Labute approximate surface area is 97.4 Å². The van der Waals surface area contributed by atoms with Crippen LogP contribution in [0, 0.1) is 0 Å². The van der Waals surface area contributed by atoms with E-state index in [0.29, 0.717) is 5.69 Å². The number of hydrogen-bond acceptors (Lipinski definition) is 4. The maximum Gasteiger partial charge on any atom is 0.196 e. The van der Waals surface area contributed by atoms with Gasteiger partial charge in [0.05, 0.1) is 5.88 Å². The number of aromatic nitrogens is 1. The van der Waals surface area contributed by atoms with E-state index in [4.69, 9.17) is 16.3 Å². The van der Waals surface area contributed by atoms with Crippen LogP contribution in [-0.2, 0) is 10.3 Å². The Morgan fingerprint density at radius 2 is 2.47 bits per heavy atom. The Morgan fingerprint density at radius 3 is 2.93 bits per heavy atom.